The molecule has 0 fully saturated rings. The summed E-state index contributed by atoms with van der Waals surface area (Å²) in [6.07, 6.45) is 0.423. The van der Waals surface area contributed by atoms with E-state index < -0.39 is 6.10 Å². The molecule has 0 aromatic rings. The van der Waals surface area contributed by atoms with Crippen molar-refractivity contribution in [1.82, 2.24) is 5.32 Å². The van der Waals surface area contributed by atoms with Crippen LogP contribution in [0.25, 0.3) is 0 Å². The van der Waals surface area contributed by atoms with E-state index in [0.29, 0.717) is 19.2 Å². The van der Waals surface area contributed by atoms with Gasteiger partial charge in [-0.3, -0.25) is 4.79 Å². The Bertz CT molecular complexity index is 161. The molecule has 4 nitrogen and oxygen atoms in total. The highest BCUT2D eigenvalue weighted by Gasteiger charge is 2.11. The van der Waals surface area contributed by atoms with Crippen molar-refractivity contribution in [2.75, 3.05) is 13.2 Å². The van der Waals surface area contributed by atoms with Crippen molar-refractivity contribution in [3.05, 3.63) is 0 Å². The highest BCUT2D eigenvalue weighted by Crippen LogP contribution is 1.95. The van der Waals surface area contributed by atoms with Crippen LogP contribution in [0.1, 0.15) is 33.6 Å². The SMILES string of the molecule is CCOC(=O)CC(O)CNC(C)CC. The van der Waals surface area contributed by atoms with Crippen molar-refractivity contribution in [2.45, 2.75) is 45.8 Å². The van der Waals surface area contributed by atoms with E-state index in [-0.39, 0.29) is 12.4 Å². The highest BCUT2D eigenvalue weighted by molar-refractivity contribution is 5.69. The molecule has 2 atom stereocenters. The van der Waals surface area contributed by atoms with Crippen molar-refractivity contribution in [3.8, 4) is 0 Å². The number of carbonyl (C=O) groups excluding carboxylic acids is 1. The van der Waals surface area contributed by atoms with Gasteiger partial charge in [0.15, 0.2) is 0 Å². The summed E-state index contributed by atoms with van der Waals surface area (Å²) in [5, 5.41) is 12.5. The van der Waals surface area contributed by atoms with Gasteiger partial charge in [-0.05, 0) is 20.3 Å². The number of hydrogen-bond donors (Lipinski definition) is 2. The number of rotatable bonds is 7. The van der Waals surface area contributed by atoms with Crippen molar-refractivity contribution in [2.24, 2.45) is 0 Å². The molecular weight excluding hydrogens is 182 g/mol. The fourth-order valence-electron chi connectivity index (χ4n) is 0.966. The van der Waals surface area contributed by atoms with Gasteiger partial charge in [0.2, 0.25) is 0 Å². The molecule has 0 aliphatic carbocycles. The summed E-state index contributed by atoms with van der Waals surface area (Å²) in [4.78, 5) is 11.0. The molecule has 0 radical (unpaired) electrons. The minimum absolute atomic E-state index is 0.0667. The number of nitrogens with one attached hydrogen (secondary N) is 1. The first kappa shape index (κ1) is 13.4. The zero-order valence-electron chi connectivity index (χ0n) is 9.25. The van der Waals surface area contributed by atoms with Crippen LogP contribution in [0.2, 0.25) is 0 Å². The van der Waals surface area contributed by atoms with E-state index in [9.17, 15) is 9.90 Å². The molecular formula is C10H21NO3. The zero-order valence-corrected chi connectivity index (χ0v) is 9.25. The molecule has 2 unspecified atom stereocenters. The van der Waals surface area contributed by atoms with Crippen LogP contribution in [-0.2, 0) is 9.53 Å². The Labute approximate surface area is 85.6 Å². The van der Waals surface area contributed by atoms with Crippen LogP contribution in [0.5, 0.6) is 0 Å². The second-order valence-corrected chi connectivity index (χ2v) is 3.38. The van der Waals surface area contributed by atoms with Crippen LogP contribution >= 0.6 is 0 Å². The Balaban J connectivity index is 3.54. The summed E-state index contributed by atoms with van der Waals surface area (Å²) in [5.74, 6) is -0.342. The second-order valence-electron chi connectivity index (χ2n) is 3.38. The van der Waals surface area contributed by atoms with Gasteiger partial charge in [0.25, 0.3) is 0 Å². The average molecular weight is 203 g/mol. The summed E-state index contributed by atoms with van der Waals surface area (Å²) < 4.78 is 4.72. The predicted molar refractivity (Wildman–Crippen MR) is 55.0 cm³/mol. The third kappa shape index (κ3) is 6.86. The molecule has 0 saturated carbocycles. The number of esters is 1. The number of aliphatic hydroxyl groups is 1. The van der Waals surface area contributed by atoms with Crippen LogP contribution in [0.4, 0.5) is 0 Å². The Kier molecular flexibility index (Phi) is 7.42. The van der Waals surface area contributed by atoms with Crippen LogP contribution in [0.15, 0.2) is 0 Å². The number of aliphatic hydroxyl groups excluding tert-OH is 1. The van der Waals surface area contributed by atoms with Crippen LogP contribution in [0, 0.1) is 0 Å². The molecule has 0 amide bonds. The Morgan fingerprint density at radius 2 is 2.14 bits per heavy atom. The van der Waals surface area contributed by atoms with Crippen molar-refractivity contribution < 1.29 is 14.6 Å². The molecule has 0 saturated heterocycles. The van der Waals surface area contributed by atoms with Crippen LogP contribution < -0.4 is 5.32 Å². The molecule has 0 heterocycles. The maximum atomic E-state index is 11.0. The number of carbonyl (C=O) groups is 1. The summed E-state index contributed by atoms with van der Waals surface area (Å²) in [6, 6.07) is 0.367. The highest BCUT2D eigenvalue weighted by atomic mass is 16.5. The van der Waals surface area contributed by atoms with Crippen LogP contribution in [-0.4, -0.2) is 36.4 Å². The fourth-order valence-corrected chi connectivity index (χ4v) is 0.966. The summed E-state index contributed by atoms with van der Waals surface area (Å²) in [5.41, 5.74) is 0. The summed E-state index contributed by atoms with van der Waals surface area (Å²) in [7, 11) is 0. The molecule has 0 aliphatic rings. The quantitative estimate of drug-likeness (QED) is 0.598. The van der Waals surface area contributed by atoms with Crippen molar-refractivity contribution in [1.29, 1.82) is 0 Å². The molecule has 0 rings (SSSR count). The van der Waals surface area contributed by atoms with Gasteiger partial charge in [0.1, 0.15) is 0 Å². The lowest BCUT2D eigenvalue weighted by Crippen LogP contribution is -2.34. The largest absolute Gasteiger partial charge is 0.466 e. The Hall–Kier alpha value is -0.610. The fraction of sp³-hybridized carbons (Fsp3) is 0.900. The van der Waals surface area contributed by atoms with E-state index in [2.05, 4.69) is 12.2 Å². The van der Waals surface area contributed by atoms with Gasteiger partial charge in [-0.25, -0.2) is 0 Å². The second kappa shape index (κ2) is 7.76. The topological polar surface area (TPSA) is 58.6 Å². The lowest BCUT2D eigenvalue weighted by molar-refractivity contribution is -0.145. The van der Waals surface area contributed by atoms with E-state index in [0.717, 1.165) is 6.42 Å². The smallest absolute Gasteiger partial charge is 0.308 e. The Morgan fingerprint density at radius 1 is 1.50 bits per heavy atom. The van der Waals surface area contributed by atoms with E-state index in [1.54, 1.807) is 6.92 Å². The number of ether oxygens (including phenoxy) is 1. The van der Waals surface area contributed by atoms with E-state index >= 15 is 0 Å². The molecule has 0 aromatic heterocycles. The molecule has 0 aromatic carbocycles. The lowest BCUT2D eigenvalue weighted by atomic mass is 10.2. The third-order valence-electron chi connectivity index (χ3n) is 2.02. The summed E-state index contributed by atoms with van der Waals surface area (Å²) >= 11 is 0. The predicted octanol–water partition coefficient (Wildman–Crippen LogP) is 0.689. The van der Waals surface area contributed by atoms with Gasteiger partial charge in [-0.2, -0.15) is 0 Å². The standard InChI is InChI=1S/C10H21NO3/c1-4-8(3)11-7-9(12)6-10(13)14-5-2/h8-9,11-12H,4-7H2,1-3H3. The molecule has 14 heavy (non-hydrogen) atoms. The molecule has 0 bridgehead atoms. The van der Waals surface area contributed by atoms with E-state index in [4.69, 9.17) is 4.74 Å². The Morgan fingerprint density at radius 3 is 2.64 bits per heavy atom. The average Bonchev–Trinajstić information content (AvgIpc) is 2.14. The minimum atomic E-state index is -0.650. The molecule has 2 N–H and O–H groups in total. The van der Waals surface area contributed by atoms with Gasteiger partial charge in [-0.1, -0.05) is 6.92 Å². The van der Waals surface area contributed by atoms with E-state index in [1.165, 1.54) is 0 Å². The lowest BCUT2D eigenvalue weighted by Gasteiger charge is -2.14. The first-order valence-electron chi connectivity index (χ1n) is 5.17. The zero-order chi connectivity index (χ0) is 11.0. The van der Waals surface area contributed by atoms with Crippen molar-refractivity contribution in [3.63, 3.8) is 0 Å². The third-order valence-corrected chi connectivity index (χ3v) is 2.02. The first-order chi connectivity index (χ1) is 6.60. The normalized spacial score (nSPS) is 14.9. The summed E-state index contributed by atoms with van der Waals surface area (Å²) in [6.45, 7) is 6.66. The van der Waals surface area contributed by atoms with Gasteiger partial charge in [-0.15, -0.1) is 0 Å². The van der Waals surface area contributed by atoms with Gasteiger partial charge in [0, 0.05) is 12.6 Å². The maximum Gasteiger partial charge on any atom is 0.308 e. The number of hydrogen-bond acceptors (Lipinski definition) is 4. The van der Waals surface area contributed by atoms with Crippen LogP contribution in [0.3, 0.4) is 0 Å². The van der Waals surface area contributed by atoms with Gasteiger partial charge >= 0.3 is 5.97 Å². The molecule has 0 aliphatic heterocycles. The van der Waals surface area contributed by atoms with E-state index in [1.807, 2.05) is 6.92 Å². The molecule has 0 spiro atoms. The van der Waals surface area contributed by atoms with Gasteiger partial charge < -0.3 is 15.2 Å². The minimum Gasteiger partial charge on any atom is -0.466 e. The molecule has 4 heteroatoms. The monoisotopic (exact) mass is 203 g/mol. The van der Waals surface area contributed by atoms with Gasteiger partial charge in [0.05, 0.1) is 19.1 Å². The first-order valence-corrected chi connectivity index (χ1v) is 5.17. The van der Waals surface area contributed by atoms with Crippen molar-refractivity contribution >= 4 is 5.97 Å². The maximum absolute atomic E-state index is 11.0. The molecule has 84 valence electrons.